The number of aryl methyl sites for hydroxylation is 3. The monoisotopic (exact) mass is 343 g/mol. The zero-order chi connectivity index (χ0) is 17.6. The summed E-state index contributed by atoms with van der Waals surface area (Å²) < 4.78 is 2.00. The van der Waals surface area contributed by atoms with Crippen LogP contribution >= 0.6 is 0 Å². The van der Waals surface area contributed by atoms with Gasteiger partial charge in [-0.15, -0.1) is 0 Å². The van der Waals surface area contributed by atoms with Crippen LogP contribution in [0.15, 0.2) is 6.07 Å². The van der Waals surface area contributed by atoms with Gasteiger partial charge in [0.15, 0.2) is 5.65 Å². The number of rotatable bonds is 2. The first-order chi connectivity index (χ1) is 12.0. The Bertz CT molecular complexity index is 763. The van der Waals surface area contributed by atoms with Crippen molar-refractivity contribution in [2.75, 3.05) is 31.1 Å². The molecule has 2 atom stereocenters. The Balaban J connectivity index is 1.55. The van der Waals surface area contributed by atoms with Gasteiger partial charge in [0, 0.05) is 49.5 Å². The Labute approximate surface area is 149 Å². The van der Waals surface area contributed by atoms with Crippen LogP contribution in [0.5, 0.6) is 0 Å². The molecule has 1 saturated heterocycles. The van der Waals surface area contributed by atoms with E-state index >= 15 is 0 Å². The first kappa shape index (κ1) is 16.8. The third-order valence-electron chi connectivity index (χ3n) is 5.97. The number of piperazine rings is 1. The molecule has 0 bridgehead atoms. The van der Waals surface area contributed by atoms with E-state index in [0.29, 0.717) is 6.04 Å². The minimum Gasteiger partial charge on any atom is -0.391 e. The molecule has 25 heavy (non-hydrogen) atoms. The SMILES string of the molecule is Cc1cc(N2CCN([C@H]3CCCC[C@@H]3O)CC2)n2nc(C)c(C)c2n1. The quantitative estimate of drug-likeness (QED) is 0.905. The van der Waals surface area contributed by atoms with Crippen molar-refractivity contribution in [3.8, 4) is 0 Å². The van der Waals surface area contributed by atoms with Gasteiger partial charge in [0.1, 0.15) is 5.82 Å². The van der Waals surface area contributed by atoms with Crippen molar-refractivity contribution in [1.29, 1.82) is 0 Å². The molecule has 0 amide bonds. The molecule has 0 aromatic carbocycles. The average molecular weight is 343 g/mol. The van der Waals surface area contributed by atoms with Gasteiger partial charge in [-0.2, -0.15) is 9.61 Å². The van der Waals surface area contributed by atoms with Gasteiger partial charge in [-0.1, -0.05) is 12.8 Å². The molecule has 0 radical (unpaired) electrons. The summed E-state index contributed by atoms with van der Waals surface area (Å²) in [5, 5.41) is 15.0. The van der Waals surface area contributed by atoms with E-state index in [9.17, 15) is 5.11 Å². The van der Waals surface area contributed by atoms with Crippen LogP contribution in [0.4, 0.5) is 5.82 Å². The number of aromatic nitrogens is 3. The molecule has 1 saturated carbocycles. The van der Waals surface area contributed by atoms with Gasteiger partial charge < -0.3 is 10.0 Å². The van der Waals surface area contributed by atoms with Crippen LogP contribution in [0.25, 0.3) is 5.65 Å². The summed E-state index contributed by atoms with van der Waals surface area (Å²) in [7, 11) is 0. The number of aliphatic hydroxyl groups excluding tert-OH is 1. The van der Waals surface area contributed by atoms with E-state index in [0.717, 1.165) is 67.4 Å². The number of nitrogens with zero attached hydrogens (tertiary/aromatic N) is 5. The molecular formula is C19H29N5O. The van der Waals surface area contributed by atoms with Crippen molar-refractivity contribution in [3.63, 3.8) is 0 Å². The highest BCUT2D eigenvalue weighted by Crippen LogP contribution is 2.26. The van der Waals surface area contributed by atoms with E-state index in [4.69, 9.17) is 5.10 Å². The number of anilines is 1. The second-order valence-corrected chi connectivity index (χ2v) is 7.64. The first-order valence-electron chi connectivity index (χ1n) is 9.55. The lowest BCUT2D eigenvalue weighted by Gasteiger charge is -2.43. The highest BCUT2D eigenvalue weighted by Gasteiger charge is 2.31. The van der Waals surface area contributed by atoms with E-state index < -0.39 is 0 Å². The fourth-order valence-electron chi connectivity index (χ4n) is 4.36. The molecule has 6 heteroatoms. The van der Waals surface area contributed by atoms with Gasteiger partial charge >= 0.3 is 0 Å². The summed E-state index contributed by atoms with van der Waals surface area (Å²) in [4.78, 5) is 9.59. The molecule has 2 fully saturated rings. The zero-order valence-electron chi connectivity index (χ0n) is 15.6. The van der Waals surface area contributed by atoms with Gasteiger partial charge in [-0.05, 0) is 33.6 Å². The number of fused-ring (bicyclic) bond motifs is 1. The van der Waals surface area contributed by atoms with Crippen LogP contribution in [0.2, 0.25) is 0 Å². The smallest absolute Gasteiger partial charge is 0.160 e. The lowest BCUT2D eigenvalue weighted by molar-refractivity contribution is 0.0172. The molecule has 1 aliphatic heterocycles. The second-order valence-electron chi connectivity index (χ2n) is 7.64. The molecule has 2 aromatic rings. The van der Waals surface area contributed by atoms with Gasteiger partial charge in [-0.3, -0.25) is 4.90 Å². The maximum Gasteiger partial charge on any atom is 0.160 e. The van der Waals surface area contributed by atoms with Crippen molar-refractivity contribution in [2.24, 2.45) is 0 Å². The Morgan fingerprint density at radius 2 is 1.76 bits per heavy atom. The molecule has 6 nitrogen and oxygen atoms in total. The Kier molecular flexibility index (Phi) is 4.41. The van der Waals surface area contributed by atoms with Crippen LogP contribution in [0, 0.1) is 20.8 Å². The normalized spacial score (nSPS) is 25.7. The van der Waals surface area contributed by atoms with Crippen molar-refractivity contribution in [2.45, 2.75) is 58.6 Å². The molecule has 0 spiro atoms. The third-order valence-corrected chi connectivity index (χ3v) is 5.97. The number of aliphatic hydroxyl groups is 1. The molecule has 1 N–H and O–H groups in total. The lowest BCUT2D eigenvalue weighted by Crippen LogP contribution is -2.54. The fraction of sp³-hybridized carbons (Fsp3) is 0.684. The standard InChI is InChI=1S/C19H29N5O/c1-13-12-18(24-19(20-13)14(2)15(3)21-24)23-10-8-22(9-11-23)16-6-4-5-7-17(16)25/h12,16-17,25H,4-11H2,1-3H3/t16-,17-/m0/s1. The Morgan fingerprint density at radius 1 is 1.04 bits per heavy atom. The molecule has 1 aliphatic carbocycles. The largest absolute Gasteiger partial charge is 0.391 e. The highest BCUT2D eigenvalue weighted by molar-refractivity contribution is 5.57. The maximum absolute atomic E-state index is 10.3. The van der Waals surface area contributed by atoms with E-state index in [1.54, 1.807) is 0 Å². The van der Waals surface area contributed by atoms with E-state index in [-0.39, 0.29) is 6.10 Å². The predicted octanol–water partition coefficient (Wildman–Crippen LogP) is 2.08. The number of hydrogen-bond donors (Lipinski definition) is 1. The van der Waals surface area contributed by atoms with Crippen LogP contribution in [-0.2, 0) is 0 Å². The van der Waals surface area contributed by atoms with Gasteiger partial charge in [-0.25, -0.2) is 4.98 Å². The van der Waals surface area contributed by atoms with Crippen LogP contribution < -0.4 is 4.90 Å². The minimum absolute atomic E-state index is 0.147. The van der Waals surface area contributed by atoms with Crippen LogP contribution in [0.1, 0.15) is 42.6 Å². The summed E-state index contributed by atoms with van der Waals surface area (Å²) in [6, 6.07) is 2.49. The Hall–Kier alpha value is -1.66. The van der Waals surface area contributed by atoms with E-state index in [2.05, 4.69) is 34.7 Å². The summed E-state index contributed by atoms with van der Waals surface area (Å²) in [5.74, 6) is 1.14. The van der Waals surface area contributed by atoms with Crippen molar-refractivity contribution < 1.29 is 5.11 Å². The van der Waals surface area contributed by atoms with Gasteiger partial charge in [0.25, 0.3) is 0 Å². The fourth-order valence-corrected chi connectivity index (χ4v) is 4.36. The summed E-state index contributed by atoms with van der Waals surface area (Å²) in [6.45, 7) is 10.1. The molecule has 136 valence electrons. The van der Waals surface area contributed by atoms with Gasteiger partial charge in [0.05, 0.1) is 11.8 Å². The highest BCUT2D eigenvalue weighted by atomic mass is 16.3. The minimum atomic E-state index is -0.147. The second kappa shape index (κ2) is 6.57. The van der Waals surface area contributed by atoms with E-state index in [1.807, 2.05) is 11.4 Å². The zero-order valence-corrected chi connectivity index (χ0v) is 15.6. The summed E-state index contributed by atoms with van der Waals surface area (Å²) in [6.07, 6.45) is 4.37. The molecule has 2 aromatic heterocycles. The first-order valence-corrected chi connectivity index (χ1v) is 9.55. The van der Waals surface area contributed by atoms with Gasteiger partial charge in [0.2, 0.25) is 0 Å². The number of hydrogen-bond acceptors (Lipinski definition) is 5. The maximum atomic E-state index is 10.3. The molecular weight excluding hydrogens is 314 g/mol. The molecule has 4 rings (SSSR count). The predicted molar refractivity (Wildman–Crippen MR) is 99.2 cm³/mol. The lowest BCUT2D eigenvalue weighted by atomic mass is 9.91. The van der Waals surface area contributed by atoms with E-state index in [1.165, 1.54) is 12.8 Å². The summed E-state index contributed by atoms with van der Waals surface area (Å²) in [5.41, 5.74) is 4.21. The van der Waals surface area contributed by atoms with Crippen molar-refractivity contribution >= 4 is 11.5 Å². The van der Waals surface area contributed by atoms with Crippen LogP contribution in [0.3, 0.4) is 0 Å². The van der Waals surface area contributed by atoms with Crippen molar-refractivity contribution in [1.82, 2.24) is 19.5 Å². The molecule has 3 heterocycles. The van der Waals surface area contributed by atoms with Crippen molar-refractivity contribution in [3.05, 3.63) is 23.0 Å². The van der Waals surface area contributed by atoms with Crippen LogP contribution in [-0.4, -0.2) is 62.9 Å². The molecule has 2 aliphatic rings. The Morgan fingerprint density at radius 3 is 2.48 bits per heavy atom. The third kappa shape index (κ3) is 3.02. The average Bonchev–Trinajstić information content (AvgIpc) is 2.90. The topological polar surface area (TPSA) is 56.9 Å². The summed E-state index contributed by atoms with van der Waals surface area (Å²) >= 11 is 0. The molecule has 0 unspecified atom stereocenters.